The number of Topliss-reactive ketones (excluding diaryl/α,β-unsaturated/α-hetero) is 2. The Balaban J connectivity index is 1.82. The molecule has 0 unspecified atom stereocenters. The minimum atomic E-state index is -0.594. The van der Waals surface area contributed by atoms with E-state index in [1.54, 1.807) is 18.0 Å². The van der Waals surface area contributed by atoms with Crippen LogP contribution in [0.2, 0.25) is 0 Å². The molecular formula is C27H26N2O3S2. The lowest BCUT2D eigenvalue weighted by Gasteiger charge is -2.12. The average molecular weight is 491 g/mol. The summed E-state index contributed by atoms with van der Waals surface area (Å²) in [5, 5.41) is 0.813. The molecule has 4 rings (SSSR count). The summed E-state index contributed by atoms with van der Waals surface area (Å²) < 4.78 is 2.38. The van der Waals surface area contributed by atoms with Gasteiger partial charge in [0.1, 0.15) is 4.66 Å². The molecule has 7 heteroatoms. The summed E-state index contributed by atoms with van der Waals surface area (Å²) in [7, 11) is 0. The van der Waals surface area contributed by atoms with Crippen molar-refractivity contribution in [1.29, 1.82) is 0 Å². The Morgan fingerprint density at radius 3 is 2.47 bits per heavy atom. The van der Waals surface area contributed by atoms with Crippen molar-refractivity contribution in [3.63, 3.8) is 0 Å². The summed E-state index contributed by atoms with van der Waals surface area (Å²) in [6, 6.07) is 15.5. The third-order valence-corrected chi connectivity index (χ3v) is 7.34. The van der Waals surface area contributed by atoms with Crippen LogP contribution in [0, 0.1) is 5.41 Å². The summed E-state index contributed by atoms with van der Waals surface area (Å²) in [5.74, 6) is -0.288. The molecule has 2 aromatic heterocycles. The van der Waals surface area contributed by atoms with Crippen molar-refractivity contribution in [2.24, 2.45) is 5.41 Å². The van der Waals surface area contributed by atoms with Gasteiger partial charge in [0, 0.05) is 39.0 Å². The van der Waals surface area contributed by atoms with Gasteiger partial charge in [-0.3, -0.25) is 19.0 Å². The van der Waals surface area contributed by atoms with Crippen molar-refractivity contribution in [3.05, 3.63) is 85.4 Å². The number of aromatic nitrogens is 2. The number of H-pyrrole nitrogens is 1. The van der Waals surface area contributed by atoms with Gasteiger partial charge in [-0.2, -0.15) is 0 Å². The summed E-state index contributed by atoms with van der Waals surface area (Å²) >= 11 is 2.88. The number of aromatic amines is 1. The number of ketones is 2. The lowest BCUT2D eigenvalue weighted by Crippen LogP contribution is -2.34. The average Bonchev–Trinajstić information content (AvgIpc) is 3.36. The van der Waals surface area contributed by atoms with Crippen molar-refractivity contribution in [1.82, 2.24) is 9.55 Å². The molecule has 2 aromatic carbocycles. The van der Waals surface area contributed by atoms with Gasteiger partial charge in [-0.15, -0.1) is 23.1 Å². The van der Waals surface area contributed by atoms with Crippen molar-refractivity contribution in [3.8, 4) is 0 Å². The van der Waals surface area contributed by atoms with Crippen molar-refractivity contribution < 1.29 is 9.59 Å². The van der Waals surface area contributed by atoms with E-state index in [4.69, 9.17) is 0 Å². The zero-order valence-corrected chi connectivity index (χ0v) is 21.2. The number of carbonyl (C=O) groups excluding carboxylic acids is 2. The van der Waals surface area contributed by atoms with E-state index in [-0.39, 0.29) is 23.7 Å². The maximum absolute atomic E-state index is 13.4. The van der Waals surface area contributed by atoms with E-state index in [9.17, 15) is 14.4 Å². The molecule has 0 spiro atoms. The van der Waals surface area contributed by atoms with Crippen LogP contribution in [0.1, 0.15) is 36.7 Å². The highest BCUT2D eigenvalue weighted by Crippen LogP contribution is 2.19. The maximum atomic E-state index is 13.4. The van der Waals surface area contributed by atoms with Gasteiger partial charge < -0.3 is 4.98 Å². The van der Waals surface area contributed by atoms with Gasteiger partial charge in [0.2, 0.25) is 0 Å². The Hall–Kier alpha value is -3.16. The fraction of sp³-hybridized carbons (Fsp3) is 0.222. The largest absolute Gasteiger partial charge is 0.360 e. The van der Waals surface area contributed by atoms with Crippen LogP contribution in [-0.2, 0) is 11.3 Å². The molecule has 5 nitrogen and oxygen atoms in total. The molecule has 0 aliphatic carbocycles. The van der Waals surface area contributed by atoms with Crippen LogP contribution in [0.5, 0.6) is 0 Å². The van der Waals surface area contributed by atoms with Crippen LogP contribution in [0.25, 0.3) is 23.1 Å². The van der Waals surface area contributed by atoms with Crippen LogP contribution < -0.4 is 14.8 Å². The number of carbonyl (C=O) groups is 2. The molecule has 0 radical (unpaired) electrons. The first-order valence-electron chi connectivity index (χ1n) is 10.9. The standard InChI is InChI=1S/C27H26N2O3S2/c1-27(2,3)24(31)14-25-29(16-22(30)20-15-28-21-8-6-5-7-19(20)21)26(32)23(34-25)13-17-9-11-18(33-4)12-10-17/h5-15,28H,16H2,1-4H3. The van der Waals surface area contributed by atoms with E-state index in [0.29, 0.717) is 14.8 Å². The molecule has 4 aromatic rings. The topological polar surface area (TPSA) is 71.9 Å². The Morgan fingerprint density at radius 1 is 1.09 bits per heavy atom. The number of thiazole rings is 1. The van der Waals surface area contributed by atoms with E-state index >= 15 is 0 Å². The number of para-hydroxylation sites is 1. The van der Waals surface area contributed by atoms with Crippen LogP contribution in [0.3, 0.4) is 0 Å². The molecular weight excluding hydrogens is 464 g/mol. The molecule has 0 aliphatic rings. The van der Waals surface area contributed by atoms with Gasteiger partial charge in [-0.05, 0) is 36.1 Å². The third kappa shape index (κ3) is 5.00. The Labute approximate surface area is 205 Å². The minimum Gasteiger partial charge on any atom is -0.360 e. The highest BCUT2D eigenvalue weighted by molar-refractivity contribution is 7.98. The van der Waals surface area contributed by atoms with E-state index in [2.05, 4.69) is 4.98 Å². The number of benzene rings is 2. The minimum absolute atomic E-state index is 0.0992. The van der Waals surface area contributed by atoms with Crippen LogP contribution in [-0.4, -0.2) is 27.4 Å². The number of nitrogens with zero attached hydrogens (tertiary/aromatic N) is 1. The van der Waals surface area contributed by atoms with Crippen LogP contribution in [0.15, 0.2) is 64.4 Å². The summed E-state index contributed by atoms with van der Waals surface area (Å²) in [5.41, 5.74) is 1.41. The molecule has 0 bridgehead atoms. The second-order valence-corrected chi connectivity index (χ2v) is 11.0. The molecule has 0 atom stereocenters. The fourth-order valence-electron chi connectivity index (χ4n) is 3.50. The normalized spacial score (nSPS) is 13.1. The molecule has 0 saturated carbocycles. The first-order chi connectivity index (χ1) is 16.2. The quantitative estimate of drug-likeness (QED) is 0.325. The molecule has 2 heterocycles. The molecule has 0 amide bonds. The molecule has 34 heavy (non-hydrogen) atoms. The lowest BCUT2D eigenvalue weighted by molar-refractivity contribution is -0.120. The molecule has 0 aliphatic heterocycles. The van der Waals surface area contributed by atoms with Crippen molar-refractivity contribution >= 4 is 57.7 Å². The van der Waals surface area contributed by atoms with Crippen LogP contribution >= 0.6 is 23.1 Å². The van der Waals surface area contributed by atoms with Crippen molar-refractivity contribution in [2.75, 3.05) is 6.26 Å². The Bertz CT molecular complexity index is 1550. The first-order valence-corrected chi connectivity index (χ1v) is 12.9. The zero-order chi connectivity index (χ0) is 24.5. The number of fused-ring (bicyclic) bond motifs is 1. The molecule has 0 saturated heterocycles. The lowest BCUT2D eigenvalue weighted by atomic mass is 9.91. The van der Waals surface area contributed by atoms with Crippen LogP contribution in [0.4, 0.5) is 0 Å². The maximum Gasteiger partial charge on any atom is 0.269 e. The predicted molar refractivity (Wildman–Crippen MR) is 141 cm³/mol. The molecule has 174 valence electrons. The SMILES string of the molecule is CSc1ccc(C=c2sc(=CC(=O)C(C)(C)C)n(CC(=O)c3c[nH]c4ccccc34)c2=O)cc1. The monoisotopic (exact) mass is 490 g/mol. The summed E-state index contributed by atoms with van der Waals surface area (Å²) in [6.07, 6.45) is 6.98. The van der Waals surface area contributed by atoms with E-state index in [1.165, 1.54) is 22.0 Å². The van der Waals surface area contributed by atoms with Gasteiger partial charge in [-0.1, -0.05) is 51.1 Å². The second kappa shape index (κ2) is 9.60. The van der Waals surface area contributed by atoms with E-state index < -0.39 is 5.41 Å². The second-order valence-electron chi connectivity index (χ2n) is 9.04. The van der Waals surface area contributed by atoms with Gasteiger partial charge in [0.15, 0.2) is 11.6 Å². The van der Waals surface area contributed by atoms with Crippen molar-refractivity contribution in [2.45, 2.75) is 32.2 Å². The van der Waals surface area contributed by atoms with E-state index in [1.807, 2.05) is 81.6 Å². The van der Waals surface area contributed by atoms with Gasteiger partial charge >= 0.3 is 0 Å². The van der Waals surface area contributed by atoms with E-state index in [0.717, 1.165) is 21.4 Å². The number of hydrogen-bond donors (Lipinski definition) is 1. The third-order valence-electron chi connectivity index (χ3n) is 5.54. The van der Waals surface area contributed by atoms with Gasteiger partial charge in [-0.25, -0.2) is 0 Å². The highest BCUT2D eigenvalue weighted by Gasteiger charge is 2.20. The number of nitrogens with one attached hydrogen (secondary N) is 1. The Kier molecular flexibility index (Phi) is 6.77. The first kappa shape index (κ1) is 24.0. The smallest absolute Gasteiger partial charge is 0.269 e. The molecule has 0 fully saturated rings. The summed E-state index contributed by atoms with van der Waals surface area (Å²) in [4.78, 5) is 43.6. The number of hydrogen-bond acceptors (Lipinski definition) is 5. The van der Waals surface area contributed by atoms with Gasteiger partial charge in [0.05, 0.1) is 11.1 Å². The fourth-order valence-corrected chi connectivity index (χ4v) is 4.95. The predicted octanol–water partition coefficient (Wildman–Crippen LogP) is 4.22. The molecule has 1 N–H and O–H groups in total. The zero-order valence-electron chi connectivity index (χ0n) is 19.5. The summed E-state index contributed by atoms with van der Waals surface area (Å²) in [6.45, 7) is 5.36. The number of thioether (sulfide) groups is 1. The Morgan fingerprint density at radius 2 is 1.79 bits per heavy atom. The number of rotatable bonds is 6. The highest BCUT2D eigenvalue weighted by atomic mass is 32.2. The van der Waals surface area contributed by atoms with Gasteiger partial charge in [0.25, 0.3) is 5.56 Å².